The molecule has 0 amide bonds. The maximum Gasteiger partial charge on any atom is 0.0257 e. The summed E-state index contributed by atoms with van der Waals surface area (Å²) in [4.78, 5) is 2.46. The first-order chi connectivity index (χ1) is 5.13. The molecule has 0 aromatic carbocycles. The molecule has 2 nitrogen and oxygen atoms in total. The van der Waals surface area contributed by atoms with Crippen LogP contribution in [0.2, 0.25) is 0 Å². The second-order valence-corrected chi connectivity index (χ2v) is 3.96. The van der Waals surface area contributed by atoms with Gasteiger partial charge in [-0.3, -0.25) is 4.90 Å². The number of nitrogens with zero attached hydrogens (tertiary/aromatic N) is 1. The molecular weight excluding hydrogens is 207 g/mol. The van der Waals surface area contributed by atoms with Crippen molar-refractivity contribution < 1.29 is 0 Å². The van der Waals surface area contributed by atoms with Crippen molar-refractivity contribution in [3.8, 4) is 0 Å². The fraction of sp³-hybridized carbons (Fsp3) is 1.00. The number of nitrogens with one attached hydrogen (secondary N) is 1. The smallest absolute Gasteiger partial charge is 0.0257 e. The molecule has 1 saturated heterocycles. The van der Waals surface area contributed by atoms with Crippen LogP contribution >= 0.6 is 24.8 Å². The molecular formula is C9H22Cl2N2. The van der Waals surface area contributed by atoms with E-state index in [1.165, 1.54) is 6.54 Å². The lowest BCUT2D eigenvalue weighted by Crippen LogP contribution is -2.41. The summed E-state index contributed by atoms with van der Waals surface area (Å²) in [7, 11) is 2.22. The van der Waals surface area contributed by atoms with Crippen LogP contribution in [-0.2, 0) is 0 Å². The summed E-state index contributed by atoms with van der Waals surface area (Å²) >= 11 is 0. The SMILES string of the molecule is CC(C)N(C)[C@H]1CNC[C@@H]1C.Cl.Cl. The van der Waals surface area contributed by atoms with Gasteiger partial charge >= 0.3 is 0 Å². The molecule has 1 aliphatic heterocycles. The Morgan fingerprint density at radius 2 is 1.77 bits per heavy atom. The van der Waals surface area contributed by atoms with Crippen LogP contribution in [0, 0.1) is 5.92 Å². The minimum atomic E-state index is 0. The lowest BCUT2D eigenvalue weighted by molar-refractivity contribution is 0.177. The van der Waals surface area contributed by atoms with Crippen LogP contribution in [0.5, 0.6) is 0 Å². The van der Waals surface area contributed by atoms with Crippen molar-refractivity contribution in [2.24, 2.45) is 5.92 Å². The van der Waals surface area contributed by atoms with Crippen LogP contribution < -0.4 is 5.32 Å². The number of hydrogen-bond donors (Lipinski definition) is 1. The van der Waals surface area contributed by atoms with Gasteiger partial charge in [0.2, 0.25) is 0 Å². The van der Waals surface area contributed by atoms with E-state index in [9.17, 15) is 0 Å². The highest BCUT2D eigenvalue weighted by Crippen LogP contribution is 2.15. The molecule has 4 heteroatoms. The Hall–Kier alpha value is 0.500. The van der Waals surface area contributed by atoms with Gasteiger partial charge in [0.05, 0.1) is 0 Å². The molecule has 1 fully saturated rings. The van der Waals surface area contributed by atoms with Crippen LogP contribution in [-0.4, -0.2) is 37.1 Å². The van der Waals surface area contributed by atoms with Crippen LogP contribution in [0.15, 0.2) is 0 Å². The highest BCUT2D eigenvalue weighted by Gasteiger charge is 2.27. The minimum Gasteiger partial charge on any atom is -0.315 e. The summed E-state index contributed by atoms with van der Waals surface area (Å²) in [5, 5.41) is 3.42. The Kier molecular flexibility index (Phi) is 8.44. The Balaban J connectivity index is 0. The van der Waals surface area contributed by atoms with E-state index < -0.39 is 0 Å². The maximum atomic E-state index is 3.42. The van der Waals surface area contributed by atoms with E-state index in [1.54, 1.807) is 0 Å². The van der Waals surface area contributed by atoms with Crippen molar-refractivity contribution in [1.29, 1.82) is 0 Å². The molecule has 1 aliphatic rings. The molecule has 0 bridgehead atoms. The summed E-state index contributed by atoms with van der Waals surface area (Å²) in [6.07, 6.45) is 0. The van der Waals surface area contributed by atoms with Crippen molar-refractivity contribution in [1.82, 2.24) is 10.2 Å². The first-order valence-electron chi connectivity index (χ1n) is 4.55. The lowest BCUT2D eigenvalue weighted by Gasteiger charge is -2.30. The average Bonchev–Trinajstić information content (AvgIpc) is 2.33. The van der Waals surface area contributed by atoms with E-state index >= 15 is 0 Å². The van der Waals surface area contributed by atoms with Gasteiger partial charge in [-0.05, 0) is 33.4 Å². The van der Waals surface area contributed by atoms with Gasteiger partial charge in [0.15, 0.2) is 0 Å². The van der Waals surface area contributed by atoms with Crippen molar-refractivity contribution in [2.45, 2.75) is 32.9 Å². The first-order valence-corrected chi connectivity index (χ1v) is 4.55. The zero-order valence-corrected chi connectivity index (χ0v) is 10.5. The summed E-state index contributed by atoms with van der Waals surface area (Å²) < 4.78 is 0. The van der Waals surface area contributed by atoms with Crippen molar-refractivity contribution in [3.63, 3.8) is 0 Å². The molecule has 1 rings (SSSR count). The predicted octanol–water partition coefficient (Wildman–Crippen LogP) is 1.78. The quantitative estimate of drug-likeness (QED) is 0.776. The normalized spacial score (nSPS) is 27.2. The van der Waals surface area contributed by atoms with Crippen LogP contribution in [0.4, 0.5) is 0 Å². The molecule has 1 heterocycles. The predicted molar refractivity (Wildman–Crippen MR) is 63.2 cm³/mol. The Morgan fingerprint density at radius 1 is 1.23 bits per heavy atom. The molecule has 13 heavy (non-hydrogen) atoms. The van der Waals surface area contributed by atoms with Gasteiger partial charge in [-0.1, -0.05) is 6.92 Å². The lowest BCUT2D eigenvalue weighted by atomic mass is 10.0. The number of hydrogen-bond acceptors (Lipinski definition) is 2. The molecule has 0 aromatic rings. The van der Waals surface area contributed by atoms with Gasteiger partial charge in [-0.15, -0.1) is 24.8 Å². The highest BCUT2D eigenvalue weighted by molar-refractivity contribution is 5.85. The third-order valence-electron chi connectivity index (χ3n) is 2.81. The monoisotopic (exact) mass is 228 g/mol. The fourth-order valence-corrected chi connectivity index (χ4v) is 1.72. The van der Waals surface area contributed by atoms with Gasteiger partial charge in [0, 0.05) is 18.6 Å². The fourth-order valence-electron chi connectivity index (χ4n) is 1.72. The van der Waals surface area contributed by atoms with E-state index in [4.69, 9.17) is 0 Å². The third kappa shape index (κ3) is 4.03. The first kappa shape index (κ1) is 15.9. The zero-order valence-electron chi connectivity index (χ0n) is 8.91. The van der Waals surface area contributed by atoms with E-state index in [-0.39, 0.29) is 24.8 Å². The topological polar surface area (TPSA) is 15.3 Å². The Labute approximate surface area is 94.3 Å². The average molecular weight is 229 g/mol. The molecule has 0 spiro atoms. The molecule has 1 N–H and O–H groups in total. The van der Waals surface area contributed by atoms with E-state index in [2.05, 4.69) is 38.0 Å². The van der Waals surface area contributed by atoms with Gasteiger partial charge < -0.3 is 5.32 Å². The molecule has 0 unspecified atom stereocenters. The second-order valence-electron chi connectivity index (χ2n) is 3.96. The number of halogens is 2. The molecule has 0 radical (unpaired) electrons. The van der Waals surface area contributed by atoms with Crippen LogP contribution in [0.25, 0.3) is 0 Å². The minimum absolute atomic E-state index is 0. The molecule has 82 valence electrons. The standard InChI is InChI=1S/C9H20N2.2ClH/c1-7(2)11(4)9-6-10-5-8(9)3;;/h7-10H,5-6H2,1-4H3;2*1H/t8-,9-;;/m0../s1. The summed E-state index contributed by atoms with van der Waals surface area (Å²) in [5.74, 6) is 0.808. The van der Waals surface area contributed by atoms with E-state index in [0.717, 1.165) is 18.5 Å². The maximum absolute atomic E-state index is 3.42. The van der Waals surface area contributed by atoms with Gasteiger partial charge in [-0.25, -0.2) is 0 Å². The summed E-state index contributed by atoms with van der Waals surface area (Å²) in [5.41, 5.74) is 0. The highest BCUT2D eigenvalue weighted by atomic mass is 35.5. The molecule has 0 aliphatic carbocycles. The summed E-state index contributed by atoms with van der Waals surface area (Å²) in [6.45, 7) is 9.18. The van der Waals surface area contributed by atoms with Crippen molar-refractivity contribution in [2.75, 3.05) is 20.1 Å². The number of likely N-dealkylation sites (N-methyl/N-ethyl adjacent to an activating group) is 1. The van der Waals surface area contributed by atoms with E-state index in [0.29, 0.717) is 6.04 Å². The molecule has 2 atom stereocenters. The molecule has 0 aromatic heterocycles. The van der Waals surface area contributed by atoms with Gasteiger partial charge in [0.25, 0.3) is 0 Å². The number of rotatable bonds is 2. The molecule has 0 saturated carbocycles. The Bertz CT molecular complexity index is 131. The zero-order chi connectivity index (χ0) is 8.43. The largest absolute Gasteiger partial charge is 0.315 e. The van der Waals surface area contributed by atoms with E-state index in [1.807, 2.05) is 0 Å². The van der Waals surface area contributed by atoms with Crippen molar-refractivity contribution in [3.05, 3.63) is 0 Å². The van der Waals surface area contributed by atoms with Crippen LogP contribution in [0.1, 0.15) is 20.8 Å². The van der Waals surface area contributed by atoms with Crippen molar-refractivity contribution >= 4 is 24.8 Å². The second kappa shape index (κ2) is 6.88. The third-order valence-corrected chi connectivity index (χ3v) is 2.81. The van der Waals surface area contributed by atoms with Crippen LogP contribution in [0.3, 0.4) is 0 Å². The van der Waals surface area contributed by atoms with Gasteiger partial charge in [0.1, 0.15) is 0 Å². The Morgan fingerprint density at radius 3 is 2.08 bits per heavy atom. The summed E-state index contributed by atoms with van der Waals surface area (Å²) in [6, 6.07) is 1.41. The van der Waals surface area contributed by atoms with Gasteiger partial charge in [-0.2, -0.15) is 0 Å².